The monoisotopic (exact) mass is 420 g/mol. The molecule has 2 aromatic rings. The van der Waals surface area contributed by atoms with Gasteiger partial charge in [-0.05, 0) is 54.0 Å². The van der Waals surface area contributed by atoms with Crippen molar-refractivity contribution in [3.8, 4) is 11.5 Å². The van der Waals surface area contributed by atoms with Crippen LogP contribution in [0.3, 0.4) is 0 Å². The fourth-order valence-corrected chi connectivity index (χ4v) is 3.17. The molecule has 1 aliphatic rings. The van der Waals surface area contributed by atoms with Crippen molar-refractivity contribution in [3.63, 3.8) is 0 Å². The molecular formula is C20H18Cl2N2O4. The van der Waals surface area contributed by atoms with Gasteiger partial charge in [0.05, 0.1) is 30.4 Å². The van der Waals surface area contributed by atoms with Gasteiger partial charge in [-0.1, -0.05) is 11.6 Å². The van der Waals surface area contributed by atoms with E-state index in [9.17, 15) is 9.59 Å². The molecule has 0 atom stereocenters. The number of amides is 2. The van der Waals surface area contributed by atoms with E-state index in [1.165, 1.54) is 14.2 Å². The van der Waals surface area contributed by atoms with E-state index >= 15 is 0 Å². The molecule has 1 aromatic carbocycles. The second-order valence-corrected chi connectivity index (χ2v) is 6.22. The number of hydrogen-bond acceptors (Lipinski definition) is 5. The molecule has 1 aliphatic heterocycles. The fourth-order valence-electron chi connectivity index (χ4n) is 2.88. The highest BCUT2D eigenvalue weighted by Crippen LogP contribution is 2.39. The van der Waals surface area contributed by atoms with Crippen LogP contribution in [0.5, 0.6) is 11.5 Å². The molecule has 2 amide bonds. The van der Waals surface area contributed by atoms with Crippen molar-refractivity contribution in [2.75, 3.05) is 14.2 Å². The molecule has 146 valence electrons. The molecule has 28 heavy (non-hydrogen) atoms. The molecule has 1 fully saturated rings. The quantitative estimate of drug-likeness (QED) is 0.602. The van der Waals surface area contributed by atoms with Gasteiger partial charge in [0.2, 0.25) is 0 Å². The second kappa shape index (κ2) is 8.91. The molecule has 1 saturated heterocycles. The Morgan fingerprint density at radius 2 is 1.79 bits per heavy atom. The van der Waals surface area contributed by atoms with Crippen molar-refractivity contribution < 1.29 is 19.1 Å². The summed E-state index contributed by atoms with van der Waals surface area (Å²) in [6.45, 7) is 1.76. The molecule has 8 heteroatoms. The Balaban J connectivity index is 0.00000280. The first-order chi connectivity index (χ1) is 13.0. The molecule has 1 aromatic heterocycles. The largest absolute Gasteiger partial charge is 0.493 e. The first kappa shape index (κ1) is 21.5. The summed E-state index contributed by atoms with van der Waals surface area (Å²) < 4.78 is 10.6. The number of rotatable bonds is 4. The summed E-state index contributed by atoms with van der Waals surface area (Å²) in [4.78, 5) is 28.7. The fraction of sp³-hybridized carbons (Fsp3) is 0.150. The highest BCUT2D eigenvalue weighted by atomic mass is 35.5. The van der Waals surface area contributed by atoms with Crippen molar-refractivity contribution in [1.29, 1.82) is 0 Å². The predicted octanol–water partition coefficient (Wildman–Crippen LogP) is 3.69. The van der Waals surface area contributed by atoms with Crippen molar-refractivity contribution in [1.82, 2.24) is 10.3 Å². The Kier molecular flexibility index (Phi) is 6.83. The van der Waals surface area contributed by atoms with Crippen LogP contribution in [0.25, 0.3) is 11.6 Å². The number of aromatic nitrogens is 1. The van der Waals surface area contributed by atoms with Crippen LogP contribution >= 0.6 is 24.0 Å². The van der Waals surface area contributed by atoms with E-state index in [-0.39, 0.29) is 18.0 Å². The number of halogens is 2. The average Bonchev–Trinajstić information content (AvgIpc) is 2.94. The molecule has 3 rings (SSSR count). The van der Waals surface area contributed by atoms with Crippen molar-refractivity contribution in [2.45, 2.75) is 6.92 Å². The van der Waals surface area contributed by atoms with E-state index in [0.717, 1.165) is 5.56 Å². The lowest BCUT2D eigenvalue weighted by Crippen LogP contribution is -2.20. The SMILES string of the molecule is COc1cc(C(C)=C2C(=O)NC(=O)C2=Cc2ccncc2)cc(Cl)c1OC.Cl. The lowest BCUT2D eigenvalue weighted by atomic mass is 9.95. The van der Waals surface area contributed by atoms with Crippen LogP contribution in [-0.2, 0) is 9.59 Å². The second-order valence-electron chi connectivity index (χ2n) is 5.82. The number of carbonyl (C=O) groups is 2. The minimum absolute atomic E-state index is 0. The number of imide groups is 1. The number of nitrogens with one attached hydrogen (secondary N) is 1. The van der Waals surface area contributed by atoms with E-state index in [1.54, 1.807) is 49.7 Å². The van der Waals surface area contributed by atoms with Gasteiger partial charge >= 0.3 is 0 Å². The zero-order valence-corrected chi connectivity index (χ0v) is 17.0. The molecular weight excluding hydrogens is 403 g/mol. The van der Waals surface area contributed by atoms with Gasteiger partial charge in [0.25, 0.3) is 11.8 Å². The van der Waals surface area contributed by atoms with Gasteiger partial charge in [0, 0.05) is 12.4 Å². The lowest BCUT2D eigenvalue weighted by Gasteiger charge is -2.13. The maximum Gasteiger partial charge on any atom is 0.259 e. The van der Waals surface area contributed by atoms with E-state index < -0.39 is 11.8 Å². The Morgan fingerprint density at radius 3 is 2.39 bits per heavy atom. The summed E-state index contributed by atoms with van der Waals surface area (Å²) in [6.07, 6.45) is 4.89. The summed E-state index contributed by atoms with van der Waals surface area (Å²) in [7, 11) is 2.99. The highest BCUT2D eigenvalue weighted by Gasteiger charge is 2.32. The number of allylic oxidation sites excluding steroid dienone is 1. The molecule has 0 radical (unpaired) electrons. The van der Waals surface area contributed by atoms with Crippen LogP contribution in [0, 0.1) is 0 Å². The van der Waals surface area contributed by atoms with Crippen molar-refractivity contribution >= 4 is 47.5 Å². The summed E-state index contributed by atoms with van der Waals surface area (Å²) in [6, 6.07) is 6.89. The van der Waals surface area contributed by atoms with E-state index in [1.807, 2.05) is 0 Å². The standard InChI is InChI=1S/C20H17ClN2O4.ClH/c1-11(13-9-15(21)18(27-3)16(10-13)26-2)17-14(19(24)23-20(17)25)8-12-4-6-22-7-5-12;/h4-10H,1-3H3,(H,23,24,25);1H. The van der Waals surface area contributed by atoms with E-state index in [2.05, 4.69) is 10.3 Å². The molecule has 0 aliphatic carbocycles. The molecule has 0 spiro atoms. The third kappa shape index (κ3) is 4.03. The van der Waals surface area contributed by atoms with Gasteiger partial charge in [0.15, 0.2) is 11.5 Å². The number of ether oxygens (including phenoxy) is 2. The topological polar surface area (TPSA) is 77.5 Å². The van der Waals surface area contributed by atoms with Crippen LogP contribution in [0.15, 0.2) is 47.8 Å². The molecule has 0 bridgehead atoms. The third-order valence-electron chi connectivity index (χ3n) is 4.23. The predicted molar refractivity (Wildman–Crippen MR) is 110 cm³/mol. The average molecular weight is 421 g/mol. The molecule has 1 N–H and O–H groups in total. The minimum atomic E-state index is -0.455. The smallest absolute Gasteiger partial charge is 0.259 e. The summed E-state index contributed by atoms with van der Waals surface area (Å²) in [5.41, 5.74) is 2.59. The number of nitrogens with zero attached hydrogens (tertiary/aromatic N) is 1. The molecule has 0 unspecified atom stereocenters. The number of carbonyl (C=O) groups excluding carboxylic acids is 2. The molecule has 6 nitrogen and oxygen atoms in total. The first-order valence-electron chi connectivity index (χ1n) is 8.06. The van der Waals surface area contributed by atoms with Gasteiger partial charge in [-0.3, -0.25) is 19.9 Å². The molecule has 0 saturated carbocycles. The van der Waals surface area contributed by atoms with Crippen LogP contribution in [0.4, 0.5) is 0 Å². The third-order valence-corrected chi connectivity index (χ3v) is 4.51. The Morgan fingerprint density at radius 1 is 1.11 bits per heavy atom. The number of hydrogen-bond donors (Lipinski definition) is 1. The van der Waals surface area contributed by atoms with Gasteiger partial charge in [-0.2, -0.15) is 0 Å². The van der Waals surface area contributed by atoms with E-state index in [0.29, 0.717) is 33.2 Å². The van der Waals surface area contributed by atoms with Crippen LogP contribution < -0.4 is 14.8 Å². The Labute approximate surface area is 173 Å². The number of methoxy groups -OCH3 is 2. The summed E-state index contributed by atoms with van der Waals surface area (Å²) >= 11 is 6.28. The first-order valence-corrected chi connectivity index (χ1v) is 8.44. The Hall–Kier alpha value is -2.83. The minimum Gasteiger partial charge on any atom is -0.493 e. The van der Waals surface area contributed by atoms with Crippen LogP contribution in [0.2, 0.25) is 5.02 Å². The van der Waals surface area contributed by atoms with Gasteiger partial charge < -0.3 is 9.47 Å². The van der Waals surface area contributed by atoms with Gasteiger partial charge in [-0.15, -0.1) is 12.4 Å². The summed E-state index contributed by atoms with van der Waals surface area (Å²) in [5.74, 6) is -0.0639. The normalized spacial score (nSPS) is 16.5. The van der Waals surface area contributed by atoms with Crippen molar-refractivity contribution in [3.05, 3.63) is 64.0 Å². The van der Waals surface area contributed by atoms with Gasteiger partial charge in [-0.25, -0.2) is 0 Å². The Bertz CT molecular complexity index is 985. The van der Waals surface area contributed by atoms with Crippen LogP contribution in [0.1, 0.15) is 18.1 Å². The summed E-state index contributed by atoms with van der Waals surface area (Å²) in [5, 5.41) is 2.69. The number of pyridine rings is 1. The zero-order valence-electron chi connectivity index (χ0n) is 15.4. The molecule has 2 heterocycles. The van der Waals surface area contributed by atoms with E-state index in [4.69, 9.17) is 21.1 Å². The maximum absolute atomic E-state index is 12.4. The maximum atomic E-state index is 12.4. The number of benzene rings is 1. The van der Waals surface area contributed by atoms with Crippen molar-refractivity contribution in [2.24, 2.45) is 0 Å². The van der Waals surface area contributed by atoms with Crippen LogP contribution in [-0.4, -0.2) is 31.0 Å². The van der Waals surface area contributed by atoms with Gasteiger partial charge in [0.1, 0.15) is 0 Å². The zero-order chi connectivity index (χ0) is 19.6. The highest BCUT2D eigenvalue weighted by molar-refractivity contribution is 6.33. The lowest BCUT2D eigenvalue weighted by molar-refractivity contribution is -0.123.